The van der Waals surface area contributed by atoms with Gasteiger partial charge in [0.25, 0.3) is 5.91 Å². The van der Waals surface area contributed by atoms with Crippen LogP contribution in [-0.2, 0) is 0 Å². The van der Waals surface area contributed by atoms with Crippen molar-refractivity contribution >= 4 is 23.1 Å². The normalized spacial score (nSPS) is 15.3. The first-order valence-corrected chi connectivity index (χ1v) is 7.70. The number of hydrogen-bond donors (Lipinski definition) is 0. The fourth-order valence-corrected chi connectivity index (χ4v) is 3.21. The van der Waals surface area contributed by atoms with Crippen LogP contribution in [0.3, 0.4) is 0 Å². The first-order valence-electron chi connectivity index (χ1n) is 6.86. The molecule has 0 aliphatic carbocycles. The van der Waals surface area contributed by atoms with E-state index in [-0.39, 0.29) is 11.7 Å². The summed E-state index contributed by atoms with van der Waals surface area (Å²) in [7, 11) is 0. The van der Waals surface area contributed by atoms with Gasteiger partial charge in [0.05, 0.1) is 16.9 Å². The van der Waals surface area contributed by atoms with Crippen LogP contribution in [0.15, 0.2) is 29.6 Å². The van der Waals surface area contributed by atoms with E-state index in [9.17, 15) is 9.18 Å². The zero-order chi connectivity index (χ0) is 14.8. The molecule has 1 aromatic heterocycles. The van der Waals surface area contributed by atoms with Gasteiger partial charge in [-0.25, -0.2) is 4.39 Å². The summed E-state index contributed by atoms with van der Waals surface area (Å²) >= 11 is 1.30. The Labute approximate surface area is 127 Å². The summed E-state index contributed by atoms with van der Waals surface area (Å²) in [4.78, 5) is 16.2. The molecule has 0 N–H and O–H groups in total. The standard InChI is InChI=1S/C15H16FN3OS/c1-11-12(10-21-17-11)15(20)19-8-6-18(7-9-19)14-5-3-2-4-13(14)16/h2-5,10H,6-9H2,1H3. The molecule has 0 unspecified atom stereocenters. The monoisotopic (exact) mass is 305 g/mol. The van der Waals surface area contributed by atoms with E-state index < -0.39 is 0 Å². The Kier molecular flexibility index (Phi) is 3.88. The van der Waals surface area contributed by atoms with Crippen molar-refractivity contribution in [3.63, 3.8) is 0 Å². The van der Waals surface area contributed by atoms with Crippen LogP contribution in [0.5, 0.6) is 0 Å². The van der Waals surface area contributed by atoms with E-state index in [2.05, 4.69) is 4.37 Å². The Balaban J connectivity index is 1.67. The largest absolute Gasteiger partial charge is 0.366 e. The number of carbonyl (C=O) groups excluding carboxylic acids is 1. The minimum atomic E-state index is -0.213. The van der Waals surface area contributed by atoms with Gasteiger partial charge < -0.3 is 9.80 Å². The number of nitrogens with zero attached hydrogens (tertiary/aromatic N) is 3. The summed E-state index contributed by atoms with van der Waals surface area (Å²) in [6.07, 6.45) is 0. The van der Waals surface area contributed by atoms with Gasteiger partial charge in [0.1, 0.15) is 5.82 Å². The van der Waals surface area contributed by atoms with E-state index in [0.717, 1.165) is 5.69 Å². The molecule has 3 rings (SSSR count). The lowest BCUT2D eigenvalue weighted by molar-refractivity contribution is 0.0746. The number of hydrogen-bond acceptors (Lipinski definition) is 4. The molecule has 21 heavy (non-hydrogen) atoms. The van der Waals surface area contributed by atoms with Crippen molar-refractivity contribution in [2.24, 2.45) is 0 Å². The number of aromatic nitrogens is 1. The number of halogens is 1. The predicted octanol–water partition coefficient (Wildman–Crippen LogP) is 2.55. The number of rotatable bonds is 2. The highest BCUT2D eigenvalue weighted by atomic mass is 32.1. The number of amides is 1. The van der Waals surface area contributed by atoms with E-state index in [1.54, 1.807) is 17.5 Å². The second-order valence-electron chi connectivity index (χ2n) is 5.04. The SMILES string of the molecule is Cc1nscc1C(=O)N1CCN(c2ccccc2F)CC1. The topological polar surface area (TPSA) is 36.4 Å². The van der Waals surface area contributed by atoms with Crippen LogP contribution >= 0.6 is 11.5 Å². The maximum atomic E-state index is 13.8. The number of anilines is 1. The van der Waals surface area contributed by atoms with E-state index in [0.29, 0.717) is 37.4 Å². The second kappa shape index (κ2) is 5.81. The molecule has 0 spiro atoms. The Bertz CT molecular complexity index is 650. The Morgan fingerprint density at radius 2 is 1.95 bits per heavy atom. The molecule has 1 aliphatic heterocycles. The molecule has 110 valence electrons. The quantitative estimate of drug-likeness (QED) is 0.855. The molecule has 1 aromatic carbocycles. The number of benzene rings is 1. The van der Waals surface area contributed by atoms with Crippen molar-refractivity contribution in [3.05, 3.63) is 46.7 Å². The maximum absolute atomic E-state index is 13.8. The van der Waals surface area contributed by atoms with Crippen LogP contribution in [0.4, 0.5) is 10.1 Å². The Morgan fingerprint density at radius 3 is 2.57 bits per heavy atom. The highest BCUT2D eigenvalue weighted by Gasteiger charge is 2.24. The van der Waals surface area contributed by atoms with Crippen LogP contribution in [0.1, 0.15) is 16.1 Å². The van der Waals surface area contributed by atoms with Gasteiger partial charge in [0.15, 0.2) is 0 Å². The van der Waals surface area contributed by atoms with Crippen molar-refractivity contribution < 1.29 is 9.18 Å². The summed E-state index contributed by atoms with van der Waals surface area (Å²) in [6, 6.07) is 6.76. The molecule has 1 saturated heterocycles. The summed E-state index contributed by atoms with van der Waals surface area (Å²) in [6.45, 7) is 4.33. The third-order valence-electron chi connectivity index (χ3n) is 3.74. The average Bonchev–Trinajstić information content (AvgIpc) is 2.93. The minimum Gasteiger partial charge on any atom is -0.366 e. The van der Waals surface area contributed by atoms with Gasteiger partial charge in [0.2, 0.25) is 0 Å². The molecular weight excluding hydrogens is 289 g/mol. The first-order chi connectivity index (χ1) is 10.2. The highest BCUT2D eigenvalue weighted by Crippen LogP contribution is 2.21. The van der Waals surface area contributed by atoms with Gasteiger partial charge in [-0.1, -0.05) is 12.1 Å². The molecule has 1 aliphatic rings. The van der Waals surface area contributed by atoms with Crippen molar-refractivity contribution in [3.8, 4) is 0 Å². The van der Waals surface area contributed by atoms with Gasteiger partial charge in [0, 0.05) is 31.6 Å². The van der Waals surface area contributed by atoms with Gasteiger partial charge in [-0.05, 0) is 30.6 Å². The summed E-state index contributed by atoms with van der Waals surface area (Å²) in [5.74, 6) is -0.190. The van der Waals surface area contributed by atoms with Crippen LogP contribution in [0.25, 0.3) is 0 Å². The molecule has 0 bridgehead atoms. The van der Waals surface area contributed by atoms with Gasteiger partial charge >= 0.3 is 0 Å². The maximum Gasteiger partial charge on any atom is 0.256 e. The molecule has 2 aromatic rings. The van der Waals surface area contributed by atoms with Crippen LogP contribution < -0.4 is 4.90 Å². The van der Waals surface area contributed by atoms with Crippen molar-refractivity contribution in [1.29, 1.82) is 0 Å². The molecule has 1 amide bonds. The Hall–Kier alpha value is -1.95. The fraction of sp³-hybridized carbons (Fsp3) is 0.333. The van der Waals surface area contributed by atoms with Crippen molar-refractivity contribution in [2.45, 2.75) is 6.92 Å². The molecule has 4 nitrogen and oxygen atoms in total. The zero-order valence-electron chi connectivity index (χ0n) is 11.8. The molecule has 1 fully saturated rings. The lowest BCUT2D eigenvalue weighted by atomic mass is 10.2. The van der Waals surface area contributed by atoms with Crippen LogP contribution in [0, 0.1) is 12.7 Å². The van der Waals surface area contributed by atoms with Crippen molar-refractivity contribution in [2.75, 3.05) is 31.1 Å². The number of aryl methyl sites for hydroxylation is 1. The zero-order valence-corrected chi connectivity index (χ0v) is 12.6. The third kappa shape index (κ3) is 2.76. The van der Waals surface area contributed by atoms with Crippen LogP contribution in [-0.4, -0.2) is 41.4 Å². The van der Waals surface area contributed by atoms with Crippen LogP contribution in [0.2, 0.25) is 0 Å². The molecule has 0 atom stereocenters. The van der Waals surface area contributed by atoms with Crippen molar-refractivity contribution in [1.82, 2.24) is 9.27 Å². The lowest BCUT2D eigenvalue weighted by Gasteiger charge is -2.36. The van der Waals surface area contributed by atoms with E-state index in [4.69, 9.17) is 0 Å². The average molecular weight is 305 g/mol. The summed E-state index contributed by atoms with van der Waals surface area (Å²) in [5.41, 5.74) is 2.07. The fourth-order valence-electron chi connectivity index (χ4n) is 2.53. The van der Waals surface area contributed by atoms with E-state index >= 15 is 0 Å². The summed E-state index contributed by atoms with van der Waals surface area (Å²) in [5, 5.41) is 1.79. The summed E-state index contributed by atoms with van der Waals surface area (Å²) < 4.78 is 17.9. The van der Waals surface area contributed by atoms with Gasteiger partial charge in [-0.2, -0.15) is 4.37 Å². The minimum absolute atomic E-state index is 0.0226. The smallest absolute Gasteiger partial charge is 0.256 e. The first kappa shape index (κ1) is 14.0. The molecular formula is C15H16FN3OS. The van der Waals surface area contributed by atoms with Gasteiger partial charge in [-0.15, -0.1) is 0 Å². The molecule has 0 radical (unpaired) electrons. The highest BCUT2D eigenvalue weighted by molar-refractivity contribution is 7.03. The van der Waals surface area contributed by atoms with Gasteiger partial charge in [-0.3, -0.25) is 4.79 Å². The number of para-hydroxylation sites is 1. The Morgan fingerprint density at radius 1 is 1.24 bits per heavy atom. The third-order valence-corrected chi connectivity index (χ3v) is 4.46. The predicted molar refractivity (Wildman–Crippen MR) is 81.4 cm³/mol. The molecule has 0 saturated carbocycles. The lowest BCUT2D eigenvalue weighted by Crippen LogP contribution is -2.49. The number of carbonyl (C=O) groups is 1. The number of piperazine rings is 1. The van der Waals surface area contributed by atoms with E-state index in [1.165, 1.54) is 17.6 Å². The van der Waals surface area contributed by atoms with E-state index in [1.807, 2.05) is 22.8 Å². The molecule has 2 heterocycles. The molecule has 6 heteroatoms. The second-order valence-corrected chi connectivity index (χ2v) is 5.67.